The Morgan fingerprint density at radius 3 is 2.38 bits per heavy atom. The van der Waals surface area contributed by atoms with Gasteiger partial charge < -0.3 is 18.9 Å². The Morgan fingerprint density at radius 2 is 1.76 bits per heavy atom. The van der Waals surface area contributed by atoms with E-state index >= 15 is 0 Å². The summed E-state index contributed by atoms with van der Waals surface area (Å²) in [6.07, 6.45) is 1.70. The number of carbonyl (C=O) groups is 1. The molecule has 1 heterocycles. The molecule has 7 heteroatoms. The van der Waals surface area contributed by atoms with Gasteiger partial charge in [-0.1, -0.05) is 29.9 Å². The predicted molar refractivity (Wildman–Crippen MR) is 108 cm³/mol. The zero-order valence-electron chi connectivity index (χ0n) is 16.5. The maximum atomic E-state index is 12.7. The molecule has 0 aliphatic heterocycles. The van der Waals surface area contributed by atoms with Gasteiger partial charge in [0, 0.05) is 26.1 Å². The SMILES string of the molecule is C=CCOc1ccc(CN(C)C(=O)c2ccc(OCc3noc(C)n3)cc2)cc1. The van der Waals surface area contributed by atoms with Gasteiger partial charge in [-0.15, -0.1) is 0 Å². The molecule has 0 fully saturated rings. The van der Waals surface area contributed by atoms with E-state index in [0.29, 0.717) is 36.2 Å². The molecule has 1 amide bonds. The van der Waals surface area contributed by atoms with Crippen molar-refractivity contribution in [3.63, 3.8) is 0 Å². The lowest BCUT2D eigenvalue weighted by Crippen LogP contribution is -2.26. The molecule has 3 aromatic rings. The van der Waals surface area contributed by atoms with Gasteiger partial charge in [0.15, 0.2) is 6.61 Å². The molecule has 0 saturated heterocycles. The molecule has 0 unspecified atom stereocenters. The summed E-state index contributed by atoms with van der Waals surface area (Å²) in [5.41, 5.74) is 1.60. The summed E-state index contributed by atoms with van der Waals surface area (Å²) < 4.78 is 16.0. The summed E-state index contributed by atoms with van der Waals surface area (Å²) in [6, 6.07) is 14.6. The van der Waals surface area contributed by atoms with Crippen molar-refractivity contribution in [2.75, 3.05) is 13.7 Å². The lowest BCUT2D eigenvalue weighted by Gasteiger charge is -2.18. The van der Waals surface area contributed by atoms with Crippen LogP contribution in [0.15, 0.2) is 65.7 Å². The minimum Gasteiger partial charge on any atom is -0.490 e. The van der Waals surface area contributed by atoms with Crippen LogP contribution in [0.3, 0.4) is 0 Å². The third-order valence-corrected chi connectivity index (χ3v) is 4.10. The standard InChI is InChI=1S/C22H23N3O4/c1-4-13-27-19-9-5-17(6-10-19)14-25(3)22(26)18-7-11-20(12-8-18)28-15-21-23-16(2)29-24-21/h4-12H,1,13-15H2,2-3H3. The van der Waals surface area contributed by atoms with Crippen molar-refractivity contribution in [3.05, 3.63) is 84.0 Å². The molecular weight excluding hydrogens is 370 g/mol. The summed E-state index contributed by atoms with van der Waals surface area (Å²) in [7, 11) is 1.77. The van der Waals surface area contributed by atoms with Gasteiger partial charge in [0.05, 0.1) is 0 Å². The number of amides is 1. The number of nitrogens with zero attached hydrogens (tertiary/aromatic N) is 3. The Balaban J connectivity index is 1.54. The zero-order chi connectivity index (χ0) is 20.6. The smallest absolute Gasteiger partial charge is 0.253 e. The van der Waals surface area contributed by atoms with Crippen LogP contribution in [0.5, 0.6) is 11.5 Å². The third kappa shape index (κ3) is 5.68. The summed E-state index contributed by atoms with van der Waals surface area (Å²) >= 11 is 0. The molecule has 0 aliphatic carbocycles. The van der Waals surface area contributed by atoms with E-state index in [9.17, 15) is 4.79 Å². The second kappa shape index (κ2) is 9.54. The number of ether oxygens (including phenoxy) is 2. The van der Waals surface area contributed by atoms with Gasteiger partial charge in [-0.3, -0.25) is 4.79 Å². The molecule has 3 rings (SSSR count). The van der Waals surface area contributed by atoms with Gasteiger partial charge in [0.1, 0.15) is 18.1 Å². The van der Waals surface area contributed by atoms with Gasteiger partial charge in [-0.2, -0.15) is 4.98 Å². The fourth-order valence-corrected chi connectivity index (χ4v) is 2.65. The minimum absolute atomic E-state index is 0.0719. The number of carbonyl (C=O) groups excluding carboxylic acids is 1. The average Bonchev–Trinajstić information content (AvgIpc) is 3.16. The quantitative estimate of drug-likeness (QED) is 0.515. The Morgan fingerprint density at radius 1 is 1.10 bits per heavy atom. The molecule has 150 valence electrons. The van der Waals surface area contributed by atoms with Crippen molar-refractivity contribution in [1.82, 2.24) is 15.0 Å². The van der Waals surface area contributed by atoms with E-state index in [2.05, 4.69) is 16.7 Å². The maximum absolute atomic E-state index is 12.7. The molecule has 2 aromatic carbocycles. The number of hydrogen-bond acceptors (Lipinski definition) is 6. The highest BCUT2D eigenvalue weighted by Crippen LogP contribution is 2.17. The van der Waals surface area contributed by atoms with Crippen LogP contribution < -0.4 is 9.47 Å². The van der Waals surface area contributed by atoms with E-state index in [1.165, 1.54) is 0 Å². The number of hydrogen-bond donors (Lipinski definition) is 0. The fourth-order valence-electron chi connectivity index (χ4n) is 2.65. The molecule has 0 saturated carbocycles. The second-order valence-electron chi connectivity index (χ2n) is 6.45. The summed E-state index contributed by atoms with van der Waals surface area (Å²) in [4.78, 5) is 18.4. The summed E-state index contributed by atoms with van der Waals surface area (Å²) in [6.45, 7) is 6.51. The third-order valence-electron chi connectivity index (χ3n) is 4.10. The van der Waals surface area contributed by atoms with Crippen LogP contribution in [0.25, 0.3) is 0 Å². The Bertz CT molecular complexity index is 949. The van der Waals surface area contributed by atoms with E-state index < -0.39 is 0 Å². The van der Waals surface area contributed by atoms with E-state index in [-0.39, 0.29) is 12.5 Å². The van der Waals surface area contributed by atoms with Gasteiger partial charge in [0.25, 0.3) is 5.91 Å². The maximum Gasteiger partial charge on any atom is 0.253 e. The highest BCUT2D eigenvalue weighted by molar-refractivity contribution is 5.94. The lowest BCUT2D eigenvalue weighted by atomic mass is 10.1. The fraction of sp³-hybridized carbons (Fsp3) is 0.227. The molecule has 0 spiro atoms. The number of benzene rings is 2. The van der Waals surface area contributed by atoms with Crippen LogP contribution in [-0.2, 0) is 13.2 Å². The topological polar surface area (TPSA) is 77.7 Å². The number of rotatable bonds is 9. The molecule has 29 heavy (non-hydrogen) atoms. The average molecular weight is 393 g/mol. The van der Waals surface area contributed by atoms with Gasteiger partial charge >= 0.3 is 0 Å². The summed E-state index contributed by atoms with van der Waals surface area (Å²) in [5, 5.41) is 3.78. The van der Waals surface area contributed by atoms with Crippen LogP contribution in [-0.4, -0.2) is 34.6 Å². The van der Waals surface area contributed by atoms with E-state index in [1.54, 1.807) is 49.2 Å². The van der Waals surface area contributed by atoms with Crippen LogP contribution in [0.4, 0.5) is 0 Å². The number of aryl methyl sites for hydroxylation is 1. The largest absolute Gasteiger partial charge is 0.490 e. The molecular formula is C22H23N3O4. The Labute approximate surface area is 169 Å². The van der Waals surface area contributed by atoms with Gasteiger partial charge in [0.2, 0.25) is 11.7 Å². The van der Waals surface area contributed by atoms with Crippen molar-refractivity contribution in [2.45, 2.75) is 20.1 Å². The normalized spacial score (nSPS) is 10.4. The van der Waals surface area contributed by atoms with Crippen LogP contribution in [0.1, 0.15) is 27.6 Å². The molecule has 0 radical (unpaired) electrons. The van der Waals surface area contributed by atoms with Crippen LogP contribution >= 0.6 is 0 Å². The predicted octanol–water partition coefficient (Wildman–Crippen LogP) is 3.79. The first kappa shape index (κ1) is 20.1. The molecule has 0 aliphatic rings. The van der Waals surface area contributed by atoms with Crippen LogP contribution in [0.2, 0.25) is 0 Å². The summed E-state index contributed by atoms with van der Waals surface area (Å²) in [5.74, 6) is 2.29. The second-order valence-corrected chi connectivity index (χ2v) is 6.45. The van der Waals surface area contributed by atoms with E-state index in [1.807, 2.05) is 24.3 Å². The van der Waals surface area contributed by atoms with Crippen molar-refractivity contribution in [1.29, 1.82) is 0 Å². The first-order valence-corrected chi connectivity index (χ1v) is 9.15. The Kier molecular flexibility index (Phi) is 6.63. The molecule has 0 bridgehead atoms. The van der Waals surface area contributed by atoms with Gasteiger partial charge in [-0.25, -0.2) is 0 Å². The Hall–Kier alpha value is -3.61. The first-order valence-electron chi connectivity index (χ1n) is 9.15. The molecule has 0 atom stereocenters. The van der Waals surface area contributed by atoms with E-state index in [0.717, 1.165) is 11.3 Å². The monoisotopic (exact) mass is 393 g/mol. The lowest BCUT2D eigenvalue weighted by molar-refractivity contribution is 0.0785. The van der Waals surface area contributed by atoms with Crippen molar-refractivity contribution >= 4 is 5.91 Å². The molecule has 0 N–H and O–H groups in total. The zero-order valence-corrected chi connectivity index (χ0v) is 16.5. The minimum atomic E-state index is -0.0719. The first-order chi connectivity index (χ1) is 14.0. The van der Waals surface area contributed by atoms with Crippen molar-refractivity contribution in [2.24, 2.45) is 0 Å². The molecule has 1 aromatic heterocycles. The van der Waals surface area contributed by atoms with E-state index in [4.69, 9.17) is 14.0 Å². The van der Waals surface area contributed by atoms with Crippen LogP contribution in [0, 0.1) is 6.92 Å². The molecule has 7 nitrogen and oxygen atoms in total. The van der Waals surface area contributed by atoms with Crippen molar-refractivity contribution in [3.8, 4) is 11.5 Å². The van der Waals surface area contributed by atoms with Crippen molar-refractivity contribution < 1.29 is 18.8 Å². The van der Waals surface area contributed by atoms with Gasteiger partial charge in [-0.05, 0) is 42.0 Å². The number of aromatic nitrogens is 2. The highest BCUT2D eigenvalue weighted by atomic mass is 16.5. The highest BCUT2D eigenvalue weighted by Gasteiger charge is 2.12.